The zero-order valence-electron chi connectivity index (χ0n) is 13.9. The van der Waals surface area contributed by atoms with Crippen LogP contribution in [0.25, 0.3) is 0 Å². The molecule has 2 heterocycles. The molecule has 0 aromatic carbocycles. The lowest BCUT2D eigenvalue weighted by Crippen LogP contribution is -2.44. The summed E-state index contributed by atoms with van der Waals surface area (Å²) >= 11 is 1.54. The van der Waals surface area contributed by atoms with Gasteiger partial charge in [0.15, 0.2) is 0 Å². The Morgan fingerprint density at radius 3 is 2.70 bits per heavy atom. The highest BCUT2D eigenvalue weighted by molar-refractivity contribution is 7.13. The first-order valence-electron chi connectivity index (χ1n) is 7.88. The van der Waals surface area contributed by atoms with Gasteiger partial charge in [0.25, 0.3) is 5.91 Å². The van der Waals surface area contributed by atoms with Gasteiger partial charge in [0, 0.05) is 32.7 Å². The van der Waals surface area contributed by atoms with Crippen molar-refractivity contribution in [3.8, 4) is 0 Å². The summed E-state index contributed by atoms with van der Waals surface area (Å²) in [5, 5.41) is 7.44. The summed E-state index contributed by atoms with van der Waals surface area (Å²) in [6, 6.07) is 0. The standard InChI is InChI=1S/C15H26N4OS.2ClH/c1-3-5-13-18-12(2)14(21-13)15(20)17-6-4-9-19-10-7-16-8-11-19;;/h16H,3-11H2,1-2H3,(H,17,20);2*1H. The molecule has 0 saturated carbocycles. The van der Waals surface area contributed by atoms with Crippen LogP contribution in [0, 0.1) is 6.92 Å². The van der Waals surface area contributed by atoms with Crippen molar-refractivity contribution in [3.05, 3.63) is 15.6 Å². The lowest BCUT2D eigenvalue weighted by atomic mass is 10.3. The summed E-state index contributed by atoms with van der Waals surface area (Å²) in [5.41, 5.74) is 0.864. The Labute approximate surface area is 155 Å². The number of rotatable bonds is 7. The van der Waals surface area contributed by atoms with E-state index in [1.165, 1.54) is 11.3 Å². The third kappa shape index (κ3) is 7.35. The van der Waals surface area contributed by atoms with Gasteiger partial charge in [0.2, 0.25) is 0 Å². The molecule has 1 amide bonds. The van der Waals surface area contributed by atoms with E-state index in [0.29, 0.717) is 0 Å². The van der Waals surface area contributed by atoms with Gasteiger partial charge in [-0.05, 0) is 32.7 Å². The molecule has 1 aliphatic heterocycles. The zero-order chi connectivity index (χ0) is 15.1. The van der Waals surface area contributed by atoms with Crippen LogP contribution < -0.4 is 10.6 Å². The van der Waals surface area contributed by atoms with Crippen molar-refractivity contribution >= 4 is 42.1 Å². The van der Waals surface area contributed by atoms with Gasteiger partial charge in [-0.1, -0.05) is 6.92 Å². The fraction of sp³-hybridized carbons (Fsp3) is 0.733. The van der Waals surface area contributed by atoms with E-state index < -0.39 is 0 Å². The number of carbonyl (C=O) groups excluding carboxylic acids is 1. The second kappa shape index (κ2) is 12.0. The van der Waals surface area contributed by atoms with Gasteiger partial charge in [0.1, 0.15) is 4.88 Å². The molecule has 0 aliphatic carbocycles. The molecular weight excluding hydrogens is 355 g/mol. The summed E-state index contributed by atoms with van der Waals surface area (Å²) in [6.07, 6.45) is 3.03. The maximum atomic E-state index is 12.2. The number of aryl methyl sites for hydroxylation is 2. The van der Waals surface area contributed by atoms with Gasteiger partial charge in [-0.2, -0.15) is 0 Å². The largest absolute Gasteiger partial charge is 0.351 e. The van der Waals surface area contributed by atoms with Crippen molar-refractivity contribution < 1.29 is 4.79 Å². The molecule has 2 N–H and O–H groups in total. The Bertz CT molecular complexity index is 464. The van der Waals surface area contributed by atoms with Crippen molar-refractivity contribution in [3.63, 3.8) is 0 Å². The second-order valence-corrected chi connectivity index (χ2v) is 6.56. The molecule has 134 valence electrons. The van der Waals surface area contributed by atoms with Crippen LogP contribution in [0.5, 0.6) is 0 Å². The molecule has 0 unspecified atom stereocenters. The summed E-state index contributed by atoms with van der Waals surface area (Å²) in [4.78, 5) is 19.9. The lowest BCUT2D eigenvalue weighted by Gasteiger charge is -2.27. The number of piperazine rings is 1. The SMILES string of the molecule is CCCc1nc(C)c(C(=O)NCCCN2CCNCC2)s1.Cl.Cl. The molecule has 1 aromatic rings. The number of aromatic nitrogens is 1. The van der Waals surface area contributed by atoms with Crippen molar-refractivity contribution in [2.24, 2.45) is 0 Å². The van der Waals surface area contributed by atoms with Crippen LogP contribution in [-0.2, 0) is 6.42 Å². The Kier molecular flexibility index (Phi) is 11.8. The van der Waals surface area contributed by atoms with Gasteiger partial charge in [-0.3, -0.25) is 4.79 Å². The van der Waals surface area contributed by atoms with Crippen LogP contribution in [0.4, 0.5) is 0 Å². The van der Waals surface area contributed by atoms with Crippen molar-refractivity contribution in [2.45, 2.75) is 33.1 Å². The van der Waals surface area contributed by atoms with E-state index in [0.717, 1.165) is 74.1 Å². The van der Waals surface area contributed by atoms with Gasteiger partial charge < -0.3 is 15.5 Å². The Balaban J connectivity index is 0.00000242. The molecule has 0 bridgehead atoms. The monoisotopic (exact) mass is 382 g/mol. The molecule has 5 nitrogen and oxygen atoms in total. The van der Waals surface area contributed by atoms with E-state index in [1.54, 1.807) is 0 Å². The van der Waals surface area contributed by atoms with Crippen LogP contribution >= 0.6 is 36.2 Å². The first kappa shape index (κ1) is 22.6. The summed E-state index contributed by atoms with van der Waals surface area (Å²) in [5.74, 6) is 0.0349. The molecule has 2 rings (SSSR count). The molecule has 23 heavy (non-hydrogen) atoms. The van der Waals surface area contributed by atoms with Gasteiger partial charge in [0.05, 0.1) is 10.7 Å². The molecule has 1 aliphatic rings. The maximum absolute atomic E-state index is 12.2. The number of halogens is 2. The minimum Gasteiger partial charge on any atom is -0.351 e. The maximum Gasteiger partial charge on any atom is 0.263 e. The van der Waals surface area contributed by atoms with E-state index in [1.807, 2.05) is 6.92 Å². The van der Waals surface area contributed by atoms with Gasteiger partial charge in [-0.15, -0.1) is 36.2 Å². The number of hydrogen-bond donors (Lipinski definition) is 2. The topological polar surface area (TPSA) is 57.3 Å². The molecule has 1 saturated heterocycles. The Hall–Kier alpha value is -0.400. The third-order valence-corrected chi connectivity index (χ3v) is 4.87. The number of nitrogens with zero attached hydrogens (tertiary/aromatic N) is 2. The highest BCUT2D eigenvalue weighted by Crippen LogP contribution is 2.19. The first-order chi connectivity index (χ1) is 10.2. The minimum absolute atomic E-state index is 0. The van der Waals surface area contributed by atoms with Gasteiger partial charge in [-0.25, -0.2) is 4.98 Å². The van der Waals surface area contributed by atoms with Crippen LogP contribution in [0.15, 0.2) is 0 Å². The summed E-state index contributed by atoms with van der Waals surface area (Å²) in [6.45, 7) is 10.2. The quantitative estimate of drug-likeness (QED) is 0.710. The number of thiazole rings is 1. The van der Waals surface area contributed by atoms with E-state index in [-0.39, 0.29) is 30.7 Å². The smallest absolute Gasteiger partial charge is 0.263 e. The highest BCUT2D eigenvalue weighted by Gasteiger charge is 2.14. The average molecular weight is 383 g/mol. The summed E-state index contributed by atoms with van der Waals surface area (Å²) < 4.78 is 0. The van der Waals surface area contributed by atoms with E-state index in [4.69, 9.17) is 0 Å². The first-order valence-corrected chi connectivity index (χ1v) is 8.70. The van der Waals surface area contributed by atoms with Crippen molar-refractivity contribution in [1.82, 2.24) is 20.5 Å². The molecular formula is C15H28Cl2N4OS. The van der Waals surface area contributed by atoms with Crippen LogP contribution in [0.3, 0.4) is 0 Å². The molecule has 1 fully saturated rings. The number of nitrogens with one attached hydrogen (secondary N) is 2. The van der Waals surface area contributed by atoms with Crippen LogP contribution in [0.2, 0.25) is 0 Å². The predicted octanol–water partition coefficient (Wildman–Crippen LogP) is 2.27. The van der Waals surface area contributed by atoms with Crippen LogP contribution in [-0.4, -0.2) is 55.1 Å². The van der Waals surface area contributed by atoms with E-state index in [9.17, 15) is 4.79 Å². The average Bonchev–Trinajstić information content (AvgIpc) is 2.86. The fourth-order valence-corrected chi connectivity index (χ4v) is 3.59. The van der Waals surface area contributed by atoms with Crippen LogP contribution in [0.1, 0.15) is 40.1 Å². The number of carbonyl (C=O) groups is 1. The second-order valence-electron chi connectivity index (χ2n) is 5.47. The molecule has 0 radical (unpaired) electrons. The molecule has 1 aromatic heterocycles. The normalized spacial score (nSPS) is 14.7. The molecule has 0 atom stereocenters. The summed E-state index contributed by atoms with van der Waals surface area (Å²) in [7, 11) is 0. The Morgan fingerprint density at radius 2 is 2.04 bits per heavy atom. The number of hydrogen-bond acceptors (Lipinski definition) is 5. The molecule has 8 heteroatoms. The van der Waals surface area contributed by atoms with Crippen molar-refractivity contribution in [2.75, 3.05) is 39.3 Å². The Morgan fingerprint density at radius 1 is 1.35 bits per heavy atom. The molecule has 0 spiro atoms. The number of amides is 1. The van der Waals surface area contributed by atoms with Gasteiger partial charge >= 0.3 is 0 Å². The highest BCUT2D eigenvalue weighted by atomic mass is 35.5. The fourth-order valence-electron chi connectivity index (χ4n) is 2.50. The third-order valence-electron chi connectivity index (χ3n) is 3.66. The zero-order valence-corrected chi connectivity index (χ0v) is 16.3. The van der Waals surface area contributed by atoms with E-state index in [2.05, 4.69) is 27.4 Å². The minimum atomic E-state index is 0. The predicted molar refractivity (Wildman–Crippen MR) is 102 cm³/mol. The lowest BCUT2D eigenvalue weighted by molar-refractivity contribution is 0.0954. The van der Waals surface area contributed by atoms with Crippen molar-refractivity contribution in [1.29, 1.82) is 0 Å². The van der Waals surface area contributed by atoms with E-state index >= 15 is 0 Å².